The smallest absolute Gasteiger partial charge is 0.239 e. The number of nitrogens with zero attached hydrogens (tertiary/aromatic N) is 2. The molecule has 0 aromatic heterocycles. The molecule has 1 saturated heterocycles. The number of amides is 1. The molecular weight excluding hydrogens is 278 g/mol. The molecule has 1 heterocycles. The predicted molar refractivity (Wildman–Crippen MR) is 92.1 cm³/mol. The molecule has 1 amide bonds. The summed E-state index contributed by atoms with van der Waals surface area (Å²) in [7, 11) is 1.73. The van der Waals surface area contributed by atoms with Crippen LogP contribution >= 0.6 is 0 Å². The van der Waals surface area contributed by atoms with Crippen LogP contribution in [0.5, 0.6) is 0 Å². The van der Waals surface area contributed by atoms with Crippen molar-refractivity contribution in [2.75, 3.05) is 33.2 Å². The van der Waals surface area contributed by atoms with Gasteiger partial charge in [-0.05, 0) is 53.1 Å². The van der Waals surface area contributed by atoms with Gasteiger partial charge in [0.1, 0.15) is 0 Å². The summed E-state index contributed by atoms with van der Waals surface area (Å²) < 4.78 is 0. The molecule has 6 heteroatoms. The van der Waals surface area contributed by atoms with Crippen molar-refractivity contribution in [1.82, 2.24) is 20.9 Å². The molecule has 1 aliphatic rings. The first kappa shape index (κ1) is 18.7. The van der Waals surface area contributed by atoms with Gasteiger partial charge in [0.25, 0.3) is 0 Å². The summed E-state index contributed by atoms with van der Waals surface area (Å²) in [4.78, 5) is 18.5. The number of hydrogen-bond acceptors (Lipinski definition) is 3. The van der Waals surface area contributed by atoms with E-state index in [1.54, 1.807) is 7.05 Å². The van der Waals surface area contributed by atoms with Gasteiger partial charge in [-0.1, -0.05) is 6.92 Å². The van der Waals surface area contributed by atoms with Gasteiger partial charge in [-0.3, -0.25) is 14.7 Å². The van der Waals surface area contributed by atoms with E-state index < -0.39 is 0 Å². The number of carbonyl (C=O) groups excluding carboxylic acids is 1. The Morgan fingerprint density at radius 1 is 1.23 bits per heavy atom. The van der Waals surface area contributed by atoms with Gasteiger partial charge >= 0.3 is 0 Å². The van der Waals surface area contributed by atoms with E-state index in [9.17, 15) is 4.79 Å². The van der Waals surface area contributed by atoms with E-state index in [0.29, 0.717) is 12.0 Å². The van der Waals surface area contributed by atoms with Crippen LogP contribution in [0.25, 0.3) is 0 Å². The first-order valence-electron chi connectivity index (χ1n) is 8.35. The normalized spacial score (nSPS) is 18.1. The van der Waals surface area contributed by atoms with Gasteiger partial charge < -0.3 is 16.0 Å². The standard InChI is InChI=1S/C16H33N5O/c1-6-13(21-9-7-8-10-21)11-18-15(17-5)19-12-14(22)20-16(2,3)4/h13H,6-12H2,1-5H3,(H,20,22)(H2,17,18,19). The van der Waals surface area contributed by atoms with Crippen LogP contribution in [0, 0.1) is 0 Å². The number of rotatable bonds is 6. The van der Waals surface area contributed by atoms with E-state index in [1.807, 2.05) is 20.8 Å². The molecule has 0 aliphatic carbocycles. The third kappa shape index (κ3) is 7.11. The maximum Gasteiger partial charge on any atom is 0.239 e. The summed E-state index contributed by atoms with van der Waals surface area (Å²) in [6.07, 6.45) is 3.72. The van der Waals surface area contributed by atoms with E-state index in [2.05, 4.69) is 32.8 Å². The molecular formula is C16H33N5O. The van der Waals surface area contributed by atoms with Gasteiger partial charge in [0.15, 0.2) is 5.96 Å². The summed E-state index contributed by atoms with van der Waals surface area (Å²) >= 11 is 0. The van der Waals surface area contributed by atoms with Crippen molar-refractivity contribution in [2.45, 2.75) is 58.5 Å². The first-order valence-corrected chi connectivity index (χ1v) is 8.35. The number of nitrogens with one attached hydrogen (secondary N) is 3. The number of guanidine groups is 1. The highest BCUT2D eigenvalue weighted by atomic mass is 16.2. The second kappa shape index (κ2) is 8.98. The summed E-state index contributed by atoms with van der Waals surface area (Å²) in [6.45, 7) is 11.6. The monoisotopic (exact) mass is 311 g/mol. The minimum atomic E-state index is -0.210. The molecule has 1 atom stereocenters. The highest BCUT2D eigenvalue weighted by Gasteiger charge is 2.20. The molecule has 0 aromatic rings. The van der Waals surface area contributed by atoms with Crippen molar-refractivity contribution < 1.29 is 4.79 Å². The van der Waals surface area contributed by atoms with Gasteiger partial charge in [0.05, 0.1) is 6.54 Å². The van der Waals surface area contributed by atoms with E-state index in [1.165, 1.54) is 25.9 Å². The SMILES string of the molecule is CCC(CNC(=NC)NCC(=O)NC(C)(C)C)N1CCCC1. The zero-order valence-electron chi connectivity index (χ0n) is 14.8. The van der Waals surface area contributed by atoms with Crippen LogP contribution in [0.3, 0.4) is 0 Å². The van der Waals surface area contributed by atoms with Gasteiger partial charge in [-0.15, -0.1) is 0 Å². The quantitative estimate of drug-likeness (QED) is 0.504. The lowest BCUT2D eigenvalue weighted by Gasteiger charge is -2.27. The molecule has 128 valence electrons. The third-order valence-electron chi connectivity index (χ3n) is 3.79. The minimum Gasteiger partial charge on any atom is -0.355 e. The lowest BCUT2D eigenvalue weighted by atomic mass is 10.1. The second-order valence-electron chi connectivity index (χ2n) is 6.91. The fourth-order valence-electron chi connectivity index (χ4n) is 2.70. The molecule has 0 saturated carbocycles. The Balaban J connectivity index is 2.34. The van der Waals surface area contributed by atoms with E-state index in [4.69, 9.17) is 0 Å². The number of likely N-dealkylation sites (tertiary alicyclic amines) is 1. The molecule has 1 aliphatic heterocycles. The molecule has 1 rings (SSSR count). The number of carbonyl (C=O) groups is 1. The predicted octanol–water partition coefficient (Wildman–Crippen LogP) is 0.941. The van der Waals surface area contributed by atoms with Gasteiger partial charge in [-0.25, -0.2) is 0 Å². The lowest BCUT2D eigenvalue weighted by Crippen LogP contribution is -2.50. The molecule has 0 aromatic carbocycles. The molecule has 22 heavy (non-hydrogen) atoms. The second-order valence-corrected chi connectivity index (χ2v) is 6.91. The third-order valence-corrected chi connectivity index (χ3v) is 3.79. The summed E-state index contributed by atoms with van der Waals surface area (Å²) in [6, 6.07) is 0.532. The molecule has 1 fully saturated rings. The summed E-state index contributed by atoms with van der Waals surface area (Å²) in [5.74, 6) is 0.656. The van der Waals surface area contributed by atoms with Crippen LogP contribution in [-0.4, -0.2) is 61.6 Å². The largest absolute Gasteiger partial charge is 0.355 e. The van der Waals surface area contributed by atoms with Crippen molar-refractivity contribution in [3.63, 3.8) is 0 Å². The van der Waals surface area contributed by atoms with Crippen molar-refractivity contribution in [3.8, 4) is 0 Å². The van der Waals surface area contributed by atoms with Crippen LogP contribution in [-0.2, 0) is 4.79 Å². The molecule has 6 nitrogen and oxygen atoms in total. The maximum absolute atomic E-state index is 11.8. The van der Waals surface area contributed by atoms with Crippen LogP contribution in [0.2, 0.25) is 0 Å². The highest BCUT2D eigenvalue weighted by molar-refractivity contribution is 5.86. The fourth-order valence-corrected chi connectivity index (χ4v) is 2.70. The Labute approximate surface area is 135 Å². The van der Waals surface area contributed by atoms with Crippen molar-refractivity contribution in [2.24, 2.45) is 4.99 Å². The lowest BCUT2D eigenvalue weighted by molar-refractivity contribution is -0.121. The van der Waals surface area contributed by atoms with Crippen molar-refractivity contribution >= 4 is 11.9 Å². The minimum absolute atomic E-state index is 0.0259. The Hall–Kier alpha value is -1.30. The van der Waals surface area contributed by atoms with Gasteiger partial charge in [0, 0.05) is 25.2 Å². The van der Waals surface area contributed by atoms with Gasteiger partial charge in [-0.2, -0.15) is 0 Å². The average Bonchev–Trinajstić information content (AvgIpc) is 2.95. The molecule has 0 spiro atoms. The molecule has 0 bridgehead atoms. The Bertz CT molecular complexity index is 369. The van der Waals surface area contributed by atoms with E-state index in [0.717, 1.165) is 13.0 Å². The number of hydrogen-bond donors (Lipinski definition) is 3. The Kier molecular flexibility index (Phi) is 7.65. The molecule has 1 unspecified atom stereocenters. The van der Waals surface area contributed by atoms with Crippen LogP contribution in [0.4, 0.5) is 0 Å². The number of aliphatic imine (C=N–C) groups is 1. The summed E-state index contributed by atoms with van der Waals surface area (Å²) in [5.41, 5.74) is -0.210. The zero-order chi connectivity index (χ0) is 16.6. The molecule has 0 radical (unpaired) electrons. The topological polar surface area (TPSA) is 68.8 Å². The Morgan fingerprint density at radius 3 is 2.36 bits per heavy atom. The average molecular weight is 311 g/mol. The molecule has 3 N–H and O–H groups in total. The van der Waals surface area contributed by atoms with Crippen LogP contribution in [0.15, 0.2) is 4.99 Å². The van der Waals surface area contributed by atoms with Crippen LogP contribution < -0.4 is 16.0 Å². The van der Waals surface area contributed by atoms with Crippen molar-refractivity contribution in [3.05, 3.63) is 0 Å². The highest BCUT2D eigenvalue weighted by Crippen LogP contribution is 2.13. The van der Waals surface area contributed by atoms with Crippen molar-refractivity contribution in [1.29, 1.82) is 0 Å². The maximum atomic E-state index is 11.8. The van der Waals surface area contributed by atoms with Crippen LogP contribution in [0.1, 0.15) is 47.0 Å². The van der Waals surface area contributed by atoms with Gasteiger partial charge in [0.2, 0.25) is 5.91 Å². The fraction of sp³-hybridized carbons (Fsp3) is 0.875. The van der Waals surface area contributed by atoms with E-state index >= 15 is 0 Å². The first-order chi connectivity index (χ1) is 10.4. The Morgan fingerprint density at radius 2 is 1.86 bits per heavy atom. The zero-order valence-corrected chi connectivity index (χ0v) is 14.8. The van der Waals surface area contributed by atoms with E-state index in [-0.39, 0.29) is 18.0 Å². The summed E-state index contributed by atoms with van der Waals surface area (Å²) in [5, 5.41) is 9.33.